The summed E-state index contributed by atoms with van der Waals surface area (Å²) in [7, 11) is 0. The molecule has 5 nitrogen and oxygen atoms in total. The molecule has 0 saturated carbocycles. The highest BCUT2D eigenvalue weighted by molar-refractivity contribution is 6.04. The molecule has 2 bridgehead atoms. The highest BCUT2D eigenvalue weighted by atomic mass is 16.3. The first kappa shape index (κ1) is 27.6. The first-order chi connectivity index (χ1) is 23.8. The predicted molar refractivity (Wildman–Crippen MR) is 192 cm³/mol. The van der Waals surface area contributed by atoms with E-state index in [0.717, 1.165) is 50.2 Å². The fraction of sp³-hybridized carbons (Fsp3) is 0.0465. The second-order valence-corrected chi connectivity index (χ2v) is 11.6. The van der Waals surface area contributed by atoms with Crippen LogP contribution in [0, 0.1) is 23.7 Å². The zero-order valence-electron chi connectivity index (χ0n) is 25.7. The normalized spacial score (nSPS) is 19.5. The summed E-state index contributed by atoms with van der Waals surface area (Å²) < 4.78 is 6.79. The Morgan fingerprint density at radius 2 is 1.33 bits per heavy atom. The number of aromatic nitrogens is 3. The molecule has 48 heavy (non-hydrogen) atoms. The molecule has 2 unspecified atom stereocenters. The third kappa shape index (κ3) is 4.74. The van der Waals surface area contributed by atoms with Crippen molar-refractivity contribution in [2.45, 2.75) is 12.0 Å². The van der Waals surface area contributed by atoms with Crippen LogP contribution in [0.5, 0.6) is 0 Å². The number of furan rings is 1. The molecule has 0 N–H and O–H groups in total. The summed E-state index contributed by atoms with van der Waals surface area (Å²) >= 11 is 0. The van der Waals surface area contributed by atoms with Gasteiger partial charge in [0, 0.05) is 33.3 Å². The van der Waals surface area contributed by atoms with Crippen molar-refractivity contribution in [1.82, 2.24) is 15.0 Å². The molecule has 9 rings (SSSR count). The molecule has 3 aliphatic rings. The quantitative estimate of drug-likeness (QED) is 0.185. The molecular formula is C43H26N4O. The van der Waals surface area contributed by atoms with Crippen molar-refractivity contribution in [3.8, 4) is 57.8 Å². The SMILES string of the molecule is C1#Cc2c(oc3c4c(c(-c5nc(-c6ccccc6)nc(-c6ccccc6)n5)cc23)C2C#CC(/C=C\C=C/2)N4c2ccccc2)/C=C\C=C/1. The smallest absolute Gasteiger partial charge is 0.164 e. The van der Waals surface area contributed by atoms with E-state index in [0.29, 0.717) is 23.2 Å². The van der Waals surface area contributed by atoms with Crippen LogP contribution in [0.2, 0.25) is 0 Å². The van der Waals surface area contributed by atoms with Crippen molar-refractivity contribution < 1.29 is 4.42 Å². The van der Waals surface area contributed by atoms with Crippen molar-refractivity contribution in [2.75, 3.05) is 4.90 Å². The Morgan fingerprint density at radius 3 is 2.06 bits per heavy atom. The molecule has 6 aromatic rings. The van der Waals surface area contributed by atoms with E-state index in [-0.39, 0.29) is 12.0 Å². The topological polar surface area (TPSA) is 55.1 Å². The Hall–Kier alpha value is -6.69. The summed E-state index contributed by atoms with van der Waals surface area (Å²) in [5.74, 6) is 15.9. The maximum atomic E-state index is 6.79. The highest BCUT2D eigenvalue weighted by Gasteiger charge is 2.34. The van der Waals surface area contributed by atoms with Gasteiger partial charge in [-0.2, -0.15) is 0 Å². The van der Waals surface area contributed by atoms with E-state index in [2.05, 4.69) is 83.2 Å². The van der Waals surface area contributed by atoms with Gasteiger partial charge in [0.1, 0.15) is 11.8 Å². The number of para-hydroxylation sites is 1. The van der Waals surface area contributed by atoms with Gasteiger partial charge in [0.15, 0.2) is 23.1 Å². The van der Waals surface area contributed by atoms with Gasteiger partial charge in [-0.05, 0) is 36.4 Å². The average Bonchev–Trinajstić information content (AvgIpc) is 3.40. The van der Waals surface area contributed by atoms with Crippen LogP contribution in [-0.2, 0) is 0 Å². The van der Waals surface area contributed by atoms with E-state index in [4.69, 9.17) is 19.4 Å². The van der Waals surface area contributed by atoms with Gasteiger partial charge in [0.05, 0.1) is 17.2 Å². The largest absolute Gasteiger partial charge is 0.453 e. The van der Waals surface area contributed by atoms with Crippen LogP contribution < -0.4 is 4.90 Å². The molecule has 0 amide bonds. The minimum absolute atomic E-state index is 0.242. The Kier molecular flexibility index (Phi) is 6.67. The van der Waals surface area contributed by atoms with E-state index >= 15 is 0 Å². The molecule has 2 atom stereocenters. The number of fused-ring (bicyclic) bond motifs is 8. The number of nitrogens with zero attached hydrogens (tertiary/aromatic N) is 4. The van der Waals surface area contributed by atoms with Crippen molar-refractivity contribution in [3.05, 3.63) is 156 Å². The van der Waals surface area contributed by atoms with E-state index in [1.165, 1.54) is 0 Å². The fourth-order valence-electron chi connectivity index (χ4n) is 6.48. The third-order valence-electron chi connectivity index (χ3n) is 8.66. The second kappa shape index (κ2) is 11.6. The van der Waals surface area contributed by atoms with Crippen LogP contribution in [0.1, 0.15) is 22.8 Å². The molecular weight excluding hydrogens is 589 g/mol. The van der Waals surface area contributed by atoms with Gasteiger partial charge in [-0.25, -0.2) is 15.0 Å². The zero-order chi connectivity index (χ0) is 31.9. The molecule has 4 aromatic carbocycles. The number of allylic oxidation sites excluding steroid dienone is 6. The molecule has 0 saturated heterocycles. The summed E-state index contributed by atoms with van der Waals surface area (Å²) in [6, 6.07) is 32.4. The van der Waals surface area contributed by atoms with E-state index < -0.39 is 0 Å². The number of benzene rings is 4. The van der Waals surface area contributed by atoms with Crippen molar-refractivity contribution >= 4 is 28.4 Å². The Balaban J connectivity index is 1.43. The van der Waals surface area contributed by atoms with Crippen molar-refractivity contribution in [1.29, 1.82) is 0 Å². The molecule has 3 heterocycles. The van der Waals surface area contributed by atoms with E-state index in [1.54, 1.807) is 0 Å². The lowest BCUT2D eigenvalue weighted by atomic mass is 9.89. The summed E-state index contributed by atoms with van der Waals surface area (Å²) in [5, 5.41) is 0.890. The summed E-state index contributed by atoms with van der Waals surface area (Å²) in [5.41, 5.74) is 7.13. The van der Waals surface area contributed by atoms with Crippen molar-refractivity contribution in [3.63, 3.8) is 0 Å². The van der Waals surface area contributed by atoms with Crippen LogP contribution >= 0.6 is 0 Å². The Morgan fingerprint density at radius 1 is 0.667 bits per heavy atom. The number of hydrogen-bond donors (Lipinski definition) is 0. The maximum Gasteiger partial charge on any atom is 0.164 e. The second-order valence-electron chi connectivity index (χ2n) is 11.6. The van der Waals surface area contributed by atoms with Gasteiger partial charge in [0.25, 0.3) is 0 Å². The monoisotopic (exact) mass is 614 g/mol. The molecule has 0 spiro atoms. The van der Waals surface area contributed by atoms with Crippen LogP contribution in [0.15, 0.2) is 144 Å². The zero-order valence-corrected chi connectivity index (χ0v) is 25.7. The number of rotatable bonds is 4. The lowest BCUT2D eigenvalue weighted by Gasteiger charge is -2.30. The van der Waals surface area contributed by atoms with Crippen LogP contribution in [0.3, 0.4) is 0 Å². The molecule has 2 aromatic heterocycles. The first-order valence-corrected chi connectivity index (χ1v) is 15.9. The third-order valence-corrected chi connectivity index (χ3v) is 8.66. The summed E-state index contributed by atoms with van der Waals surface area (Å²) in [4.78, 5) is 17.6. The molecule has 0 radical (unpaired) electrons. The molecule has 2 aliphatic carbocycles. The minimum Gasteiger partial charge on any atom is -0.453 e. The maximum absolute atomic E-state index is 6.79. The van der Waals surface area contributed by atoms with Crippen LogP contribution in [0.25, 0.3) is 51.2 Å². The van der Waals surface area contributed by atoms with Crippen LogP contribution in [-0.4, -0.2) is 21.0 Å². The Bertz CT molecular complexity index is 2410. The van der Waals surface area contributed by atoms with E-state index in [1.807, 2.05) is 91.0 Å². The highest BCUT2D eigenvalue weighted by Crippen LogP contribution is 2.49. The predicted octanol–water partition coefficient (Wildman–Crippen LogP) is 9.29. The van der Waals surface area contributed by atoms with Gasteiger partial charge in [-0.3, -0.25) is 0 Å². The minimum atomic E-state index is -0.256. The fourth-order valence-corrected chi connectivity index (χ4v) is 6.48. The number of anilines is 2. The van der Waals surface area contributed by atoms with Crippen LogP contribution in [0.4, 0.5) is 11.4 Å². The van der Waals surface area contributed by atoms with Gasteiger partial charge in [0.2, 0.25) is 0 Å². The van der Waals surface area contributed by atoms with Gasteiger partial charge in [-0.1, -0.05) is 133 Å². The Labute approximate surface area is 278 Å². The van der Waals surface area contributed by atoms with Gasteiger partial charge >= 0.3 is 0 Å². The molecule has 224 valence electrons. The molecule has 0 fully saturated rings. The standard InChI is InChI=1S/C43H26N4O/c1-2-13-25-37-34(24-12-1)35-28-36(43-45-41(30-17-6-3-7-18-30)44-42(46-43)31-19-8-4-9-20-31)38-29-16-14-15-23-33(27-26-29)47(39(38)40(35)48-37)32-21-10-5-11-22-32/h1-11,13-23,25,28-29,33H/b2-1-,13-2?,16-14-,23-15-,25-13-,37-25?. The first-order valence-electron chi connectivity index (χ1n) is 15.9. The summed E-state index contributed by atoms with van der Waals surface area (Å²) in [6.07, 6.45) is 16.1. The van der Waals surface area contributed by atoms with Gasteiger partial charge < -0.3 is 9.32 Å². The molecule has 5 heteroatoms. The van der Waals surface area contributed by atoms with E-state index in [9.17, 15) is 0 Å². The van der Waals surface area contributed by atoms with Crippen molar-refractivity contribution in [2.24, 2.45) is 0 Å². The molecule has 1 aliphatic heterocycles. The lowest BCUT2D eigenvalue weighted by molar-refractivity contribution is 0.602. The summed E-state index contributed by atoms with van der Waals surface area (Å²) in [6.45, 7) is 0. The lowest BCUT2D eigenvalue weighted by Crippen LogP contribution is -2.28. The average molecular weight is 615 g/mol. The number of hydrogen-bond acceptors (Lipinski definition) is 5. The van der Waals surface area contributed by atoms with Gasteiger partial charge in [-0.15, -0.1) is 0 Å².